The number of rotatable bonds is 4. The Kier molecular flexibility index (Phi) is 3.73. The van der Waals surface area contributed by atoms with Crippen molar-refractivity contribution < 1.29 is 9.84 Å². The molecule has 0 spiro atoms. The maximum atomic E-state index is 10.2. The number of nitrogens with zero attached hydrogens (tertiary/aromatic N) is 1. The predicted molar refractivity (Wildman–Crippen MR) is 65.9 cm³/mol. The summed E-state index contributed by atoms with van der Waals surface area (Å²) in [6, 6.07) is 13.2. The summed E-state index contributed by atoms with van der Waals surface area (Å²) in [7, 11) is 1.60. The van der Waals surface area contributed by atoms with E-state index in [2.05, 4.69) is 4.98 Å². The van der Waals surface area contributed by atoms with Gasteiger partial charge in [0.15, 0.2) is 0 Å². The van der Waals surface area contributed by atoms with Crippen molar-refractivity contribution in [2.24, 2.45) is 0 Å². The largest absolute Gasteiger partial charge is 0.496 e. The fraction of sp³-hybridized carbons (Fsp3) is 0.214. The Bertz CT molecular complexity index is 471. The highest BCUT2D eigenvalue weighted by atomic mass is 16.5. The number of benzene rings is 1. The highest BCUT2D eigenvalue weighted by Gasteiger charge is 2.13. The van der Waals surface area contributed by atoms with Crippen LogP contribution in [0.15, 0.2) is 48.7 Å². The van der Waals surface area contributed by atoms with E-state index in [0.29, 0.717) is 12.2 Å². The van der Waals surface area contributed by atoms with Crippen molar-refractivity contribution in [3.63, 3.8) is 0 Å². The van der Waals surface area contributed by atoms with Crippen LogP contribution in [-0.2, 0) is 6.42 Å². The summed E-state index contributed by atoms with van der Waals surface area (Å²) < 4.78 is 5.22. The Morgan fingerprint density at radius 1 is 1.18 bits per heavy atom. The highest BCUT2D eigenvalue weighted by Crippen LogP contribution is 2.26. The van der Waals surface area contributed by atoms with Gasteiger partial charge in [-0.3, -0.25) is 4.98 Å². The first-order chi connectivity index (χ1) is 8.31. The van der Waals surface area contributed by atoms with Gasteiger partial charge in [-0.1, -0.05) is 24.3 Å². The van der Waals surface area contributed by atoms with Crippen LogP contribution in [0.4, 0.5) is 0 Å². The lowest BCUT2D eigenvalue weighted by atomic mass is 10.0. The maximum Gasteiger partial charge on any atom is 0.124 e. The zero-order chi connectivity index (χ0) is 12.1. The van der Waals surface area contributed by atoms with E-state index in [-0.39, 0.29) is 0 Å². The van der Waals surface area contributed by atoms with Crippen LogP contribution in [0.25, 0.3) is 0 Å². The third-order valence-electron chi connectivity index (χ3n) is 2.63. The summed E-state index contributed by atoms with van der Waals surface area (Å²) in [6.45, 7) is 0. The molecule has 0 saturated heterocycles. The monoisotopic (exact) mass is 229 g/mol. The van der Waals surface area contributed by atoms with Crippen LogP contribution in [0.2, 0.25) is 0 Å². The zero-order valence-electron chi connectivity index (χ0n) is 9.71. The van der Waals surface area contributed by atoms with Gasteiger partial charge >= 0.3 is 0 Å². The molecular weight excluding hydrogens is 214 g/mol. The summed E-state index contributed by atoms with van der Waals surface area (Å²) in [5.41, 5.74) is 1.66. The van der Waals surface area contributed by atoms with Crippen LogP contribution in [0.3, 0.4) is 0 Å². The van der Waals surface area contributed by atoms with Gasteiger partial charge in [-0.2, -0.15) is 0 Å². The Balaban J connectivity index is 2.17. The van der Waals surface area contributed by atoms with Gasteiger partial charge in [0, 0.05) is 23.9 Å². The van der Waals surface area contributed by atoms with E-state index in [0.717, 1.165) is 11.3 Å². The molecule has 17 heavy (non-hydrogen) atoms. The van der Waals surface area contributed by atoms with Crippen molar-refractivity contribution in [2.45, 2.75) is 12.5 Å². The Labute approximate surface area is 101 Å². The van der Waals surface area contributed by atoms with Gasteiger partial charge in [0.1, 0.15) is 5.75 Å². The molecule has 0 saturated carbocycles. The van der Waals surface area contributed by atoms with Crippen molar-refractivity contribution in [1.29, 1.82) is 0 Å². The van der Waals surface area contributed by atoms with Crippen LogP contribution >= 0.6 is 0 Å². The van der Waals surface area contributed by atoms with Gasteiger partial charge < -0.3 is 9.84 Å². The molecule has 0 aliphatic heterocycles. The third kappa shape index (κ3) is 2.82. The molecule has 2 rings (SSSR count). The first-order valence-electron chi connectivity index (χ1n) is 5.52. The number of aromatic nitrogens is 1. The number of hydrogen-bond acceptors (Lipinski definition) is 3. The molecule has 0 fully saturated rings. The molecule has 1 atom stereocenters. The summed E-state index contributed by atoms with van der Waals surface area (Å²) in [6.07, 6.45) is 1.62. The molecule has 0 aliphatic rings. The number of aliphatic hydroxyl groups is 1. The molecule has 0 amide bonds. The zero-order valence-corrected chi connectivity index (χ0v) is 9.71. The molecule has 1 aromatic carbocycles. The molecule has 3 nitrogen and oxygen atoms in total. The molecule has 1 heterocycles. The van der Waals surface area contributed by atoms with Gasteiger partial charge in [0.2, 0.25) is 0 Å². The second kappa shape index (κ2) is 5.46. The van der Waals surface area contributed by atoms with Crippen molar-refractivity contribution in [1.82, 2.24) is 4.98 Å². The van der Waals surface area contributed by atoms with E-state index in [9.17, 15) is 5.11 Å². The van der Waals surface area contributed by atoms with E-state index in [1.165, 1.54) is 0 Å². The predicted octanol–water partition coefficient (Wildman–Crippen LogP) is 2.37. The lowest BCUT2D eigenvalue weighted by molar-refractivity contribution is 0.173. The van der Waals surface area contributed by atoms with Crippen LogP contribution in [0, 0.1) is 0 Å². The fourth-order valence-electron chi connectivity index (χ4n) is 1.77. The molecule has 1 N–H and O–H groups in total. The minimum absolute atomic E-state index is 0.487. The van der Waals surface area contributed by atoms with Crippen molar-refractivity contribution >= 4 is 0 Å². The molecule has 0 aliphatic carbocycles. The Morgan fingerprint density at radius 3 is 2.65 bits per heavy atom. The number of ether oxygens (including phenoxy) is 1. The van der Waals surface area contributed by atoms with E-state index in [4.69, 9.17) is 4.74 Å². The van der Waals surface area contributed by atoms with Crippen molar-refractivity contribution in [2.75, 3.05) is 7.11 Å². The highest BCUT2D eigenvalue weighted by molar-refractivity contribution is 5.35. The number of aliphatic hydroxyl groups excluding tert-OH is 1. The minimum atomic E-state index is -0.596. The van der Waals surface area contributed by atoms with Crippen LogP contribution in [0.5, 0.6) is 5.75 Å². The quantitative estimate of drug-likeness (QED) is 0.875. The SMILES string of the molecule is COc1ccccc1[C@@H](O)Cc1ccccn1. The van der Waals surface area contributed by atoms with E-state index in [1.807, 2.05) is 42.5 Å². The van der Waals surface area contributed by atoms with Crippen LogP contribution in [0.1, 0.15) is 17.4 Å². The molecule has 2 aromatic rings. The maximum absolute atomic E-state index is 10.2. The van der Waals surface area contributed by atoms with E-state index in [1.54, 1.807) is 13.3 Å². The first-order valence-corrected chi connectivity index (χ1v) is 5.52. The smallest absolute Gasteiger partial charge is 0.124 e. The second-order valence-electron chi connectivity index (χ2n) is 3.78. The van der Waals surface area contributed by atoms with Crippen LogP contribution in [-0.4, -0.2) is 17.2 Å². The second-order valence-corrected chi connectivity index (χ2v) is 3.78. The van der Waals surface area contributed by atoms with E-state index < -0.39 is 6.10 Å². The van der Waals surface area contributed by atoms with Crippen molar-refractivity contribution in [3.8, 4) is 5.75 Å². The van der Waals surface area contributed by atoms with Gasteiger partial charge in [-0.15, -0.1) is 0 Å². The average molecular weight is 229 g/mol. The third-order valence-corrected chi connectivity index (χ3v) is 2.63. The summed E-state index contributed by atoms with van der Waals surface area (Å²) >= 11 is 0. The van der Waals surface area contributed by atoms with Crippen molar-refractivity contribution in [3.05, 3.63) is 59.9 Å². The van der Waals surface area contributed by atoms with Gasteiger partial charge in [0.25, 0.3) is 0 Å². The fourth-order valence-corrected chi connectivity index (χ4v) is 1.77. The molecule has 0 unspecified atom stereocenters. The van der Waals surface area contributed by atoms with Gasteiger partial charge in [-0.25, -0.2) is 0 Å². The lowest BCUT2D eigenvalue weighted by Crippen LogP contribution is -2.05. The first kappa shape index (κ1) is 11.6. The number of methoxy groups -OCH3 is 1. The summed E-state index contributed by atoms with van der Waals surface area (Å²) in [5, 5.41) is 10.2. The van der Waals surface area contributed by atoms with E-state index >= 15 is 0 Å². The minimum Gasteiger partial charge on any atom is -0.496 e. The Morgan fingerprint density at radius 2 is 1.94 bits per heavy atom. The molecule has 0 bridgehead atoms. The molecule has 0 radical (unpaired) electrons. The lowest BCUT2D eigenvalue weighted by Gasteiger charge is -2.14. The van der Waals surface area contributed by atoms with Gasteiger partial charge in [-0.05, 0) is 18.2 Å². The molecule has 1 aromatic heterocycles. The molecule has 88 valence electrons. The Hall–Kier alpha value is -1.87. The molecular formula is C14H15NO2. The van der Waals surface area contributed by atoms with Crippen LogP contribution < -0.4 is 4.74 Å². The summed E-state index contributed by atoms with van der Waals surface area (Å²) in [5.74, 6) is 0.705. The van der Waals surface area contributed by atoms with Gasteiger partial charge in [0.05, 0.1) is 13.2 Å². The topological polar surface area (TPSA) is 42.4 Å². The molecule has 3 heteroatoms. The number of pyridine rings is 1. The normalized spacial score (nSPS) is 12.1. The average Bonchev–Trinajstić information content (AvgIpc) is 2.40. The summed E-state index contributed by atoms with van der Waals surface area (Å²) in [4.78, 5) is 4.20. The number of para-hydroxylation sites is 1. The standard InChI is InChI=1S/C14H15NO2/c1-17-14-8-3-2-7-12(14)13(16)10-11-6-4-5-9-15-11/h2-9,13,16H,10H2,1H3/t13-/m0/s1. The number of hydrogen-bond donors (Lipinski definition) is 1.